The minimum Gasteiger partial charge on any atom is -0.379 e. The molecule has 152 valence electrons. The molecule has 1 aliphatic heterocycles. The van der Waals surface area contributed by atoms with Crippen molar-refractivity contribution in [2.75, 3.05) is 50.0 Å². The second kappa shape index (κ2) is 9.52. The van der Waals surface area contributed by atoms with Crippen molar-refractivity contribution < 1.29 is 17.9 Å². The number of carbonyl (C=O) groups excluding carboxylic acids is 1. The van der Waals surface area contributed by atoms with E-state index in [-0.39, 0.29) is 5.91 Å². The van der Waals surface area contributed by atoms with E-state index in [1.807, 2.05) is 19.9 Å². The summed E-state index contributed by atoms with van der Waals surface area (Å²) in [4.78, 5) is 14.9. The molecule has 1 aromatic rings. The van der Waals surface area contributed by atoms with Crippen LogP contribution < -0.4 is 9.62 Å². The molecule has 1 fully saturated rings. The van der Waals surface area contributed by atoms with Crippen LogP contribution in [0.25, 0.3) is 0 Å². The van der Waals surface area contributed by atoms with Gasteiger partial charge in [0.25, 0.3) is 0 Å². The fourth-order valence-corrected chi connectivity index (χ4v) is 4.32. The van der Waals surface area contributed by atoms with E-state index in [4.69, 9.17) is 4.74 Å². The van der Waals surface area contributed by atoms with E-state index >= 15 is 0 Å². The number of carbonyl (C=O) groups is 1. The Morgan fingerprint density at radius 1 is 1.26 bits per heavy atom. The lowest BCUT2D eigenvalue weighted by atomic mass is 10.1. The normalized spacial score (nSPS) is 16.7. The number of hydrogen-bond donors (Lipinski definition) is 1. The van der Waals surface area contributed by atoms with Gasteiger partial charge in [0.2, 0.25) is 15.9 Å². The predicted octanol–water partition coefficient (Wildman–Crippen LogP) is 1.30. The van der Waals surface area contributed by atoms with Crippen LogP contribution in [-0.2, 0) is 19.6 Å². The van der Waals surface area contributed by atoms with Crippen molar-refractivity contribution in [3.05, 3.63) is 29.3 Å². The molecule has 1 amide bonds. The third-order valence-electron chi connectivity index (χ3n) is 4.89. The lowest BCUT2D eigenvalue weighted by Crippen LogP contribution is -2.48. The summed E-state index contributed by atoms with van der Waals surface area (Å²) in [5.41, 5.74) is 2.57. The van der Waals surface area contributed by atoms with E-state index in [1.54, 1.807) is 19.1 Å². The van der Waals surface area contributed by atoms with E-state index in [0.717, 1.165) is 56.7 Å². The van der Waals surface area contributed by atoms with Gasteiger partial charge in [0.15, 0.2) is 0 Å². The highest BCUT2D eigenvalue weighted by molar-refractivity contribution is 7.92. The van der Waals surface area contributed by atoms with Crippen molar-refractivity contribution in [2.45, 2.75) is 33.2 Å². The monoisotopic (exact) mass is 397 g/mol. The van der Waals surface area contributed by atoms with Crippen molar-refractivity contribution in [1.82, 2.24) is 10.2 Å². The molecule has 1 N–H and O–H groups in total. The minimum absolute atomic E-state index is 0.291. The molecule has 1 aliphatic rings. The quantitative estimate of drug-likeness (QED) is 0.669. The Bertz CT molecular complexity index is 745. The molecule has 1 atom stereocenters. The average Bonchev–Trinajstić information content (AvgIpc) is 2.61. The van der Waals surface area contributed by atoms with Gasteiger partial charge >= 0.3 is 0 Å². The van der Waals surface area contributed by atoms with Crippen LogP contribution >= 0.6 is 0 Å². The van der Waals surface area contributed by atoms with Crippen LogP contribution in [0.1, 0.15) is 24.5 Å². The molecule has 0 saturated carbocycles. The first kappa shape index (κ1) is 21.7. The summed E-state index contributed by atoms with van der Waals surface area (Å²) in [6.07, 6.45) is 1.95. The maximum absolute atomic E-state index is 12.6. The Balaban J connectivity index is 1.96. The predicted molar refractivity (Wildman–Crippen MR) is 108 cm³/mol. The molecule has 0 aliphatic carbocycles. The molecule has 0 aromatic heterocycles. The Morgan fingerprint density at radius 2 is 1.93 bits per heavy atom. The SMILES string of the molecule is Cc1ccc(N([C@H](C)C(=O)NCCCN2CCOCC2)S(C)(=O)=O)cc1C. The van der Waals surface area contributed by atoms with Gasteiger partial charge in [0.05, 0.1) is 25.2 Å². The second-order valence-electron chi connectivity index (χ2n) is 7.10. The highest BCUT2D eigenvalue weighted by atomic mass is 32.2. The number of anilines is 1. The Kier molecular flexibility index (Phi) is 7.64. The molecule has 0 bridgehead atoms. The molecule has 1 aromatic carbocycles. The first-order chi connectivity index (χ1) is 12.7. The Labute approximate surface area is 162 Å². The topological polar surface area (TPSA) is 79.0 Å². The van der Waals surface area contributed by atoms with Crippen molar-refractivity contribution in [2.24, 2.45) is 0 Å². The van der Waals surface area contributed by atoms with Gasteiger partial charge in [-0.25, -0.2) is 8.42 Å². The summed E-state index contributed by atoms with van der Waals surface area (Å²) in [7, 11) is -3.59. The average molecular weight is 398 g/mol. The third-order valence-corrected chi connectivity index (χ3v) is 6.13. The number of morpholine rings is 1. The first-order valence-corrected chi connectivity index (χ1v) is 11.2. The molecule has 0 spiro atoms. The fraction of sp³-hybridized carbons (Fsp3) is 0.632. The van der Waals surface area contributed by atoms with E-state index in [2.05, 4.69) is 10.2 Å². The minimum atomic E-state index is -3.59. The largest absolute Gasteiger partial charge is 0.379 e. The standard InChI is InChI=1S/C19H31N3O4S/c1-15-6-7-18(14-16(15)2)22(27(4,24)25)17(3)19(23)20-8-5-9-21-10-12-26-13-11-21/h6-7,14,17H,5,8-13H2,1-4H3,(H,20,23)/t17-/m1/s1. The van der Waals surface area contributed by atoms with Crippen LogP contribution in [0.5, 0.6) is 0 Å². The van der Waals surface area contributed by atoms with E-state index in [1.165, 1.54) is 4.31 Å². The smallest absolute Gasteiger partial charge is 0.243 e. The maximum Gasteiger partial charge on any atom is 0.243 e. The number of benzene rings is 1. The third kappa shape index (κ3) is 6.19. The zero-order valence-corrected chi connectivity index (χ0v) is 17.5. The highest BCUT2D eigenvalue weighted by Crippen LogP contribution is 2.23. The molecule has 7 nitrogen and oxygen atoms in total. The molecule has 0 radical (unpaired) electrons. The number of amides is 1. The van der Waals surface area contributed by atoms with Crippen LogP contribution in [-0.4, -0.2) is 70.9 Å². The van der Waals surface area contributed by atoms with Gasteiger partial charge in [0.1, 0.15) is 6.04 Å². The Hall–Kier alpha value is -1.64. The van der Waals surface area contributed by atoms with Crippen molar-refractivity contribution in [3.63, 3.8) is 0 Å². The molecule has 27 heavy (non-hydrogen) atoms. The van der Waals surface area contributed by atoms with Gasteiger partial charge in [-0.1, -0.05) is 6.07 Å². The van der Waals surface area contributed by atoms with Gasteiger partial charge in [-0.05, 0) is 57.0 Å². The van der Waals surface area contributed by atoms with Crippen LogP contribution in [0.15, 0.2) is 18.2 Å². The summed E-state index contributed by atoms with van der Waals surface area (Å²) >= 11 is 0. The summed E-state index contributed by atoms with van der Waals surface area (Å²) in [6.45, 7) is 10.3. The van der Waals surface area contributed by atoms with Gasteiger partial charge in [0, 0.05) is 19.6 Å². The molecule has 1 heterocycles. The molecule has 0 unspecified atom stereocenters. The van der Waals surface area contributed by atoms with E-state index < -0.39 is 16.1 Å². The summed E-state index contributed by atoms with van der Waals surface area (Å²) in [6, 6.07) is 4.60. The number of rotatable bonds is 8. The van der Waals surface area contributed by atoms with Gasteiger partial charge in [-0.2, -0.15) is 0 Å². The van der Waals surface area contributed by atoms with Crippen molar-refractivity contribution >= 4 is 21.6 Å². The molecule has 1 saturated heterocycles. The summed E-state index contributed by atoms with van der Waals surface area (Å²) < 4.78 is 31.2. The van der Waals surface area contributed by atoms with Crippen molar-refractivity contribution in [1.29, 1.82) is 0 Å². The van der Waals surface area contributed by atoms with Crippen LogP contribution in [0, 0.1) is 13.8 Å². The highest BCUT2D eigenvalue weighted by Gasteiger charge is 2.29. The zero-order chi connectivity index (χ0) is 20.0. The summed E-state index contributed by atoms with van der Waals surface area (Å²) in [5, 5.41) is 2.87. The molecular formula is C19H31N3O4S. The second-order valence-corrected chi connectivity index (χ2v) is 8.96. The van der Waals surface area contributed by atoms with Gasteiger partial charge in [-0.15, -0.1) is 0 Å². The Morgan fingerprint density at radius 3 is 2.52 bits per heavy atom. The first-order valence-electron chi connectivity index (χ1n) is 9.34. The van der Waals surface area contributed by atoms with Crippen LogP contribution in [0.4, 0.5) is 5.69 Å². The maximum atomic E-state index is 12.6. The fourth-order valence-electron chi connectivity index (χ4n) is 3.16. The number of ether oxygens (including phenoxy) is 1. The van der Waals surface area contributed by atoms with Gasteiger partial charge < -0.3 is 10.1 Å². The lowest BCUT2D eigenvalue weighted by molar-refractivity contribution is -0.121. The number of nitrogens with zero attached hydrogens (tertiary/aromatic N) is 2. The van der Waals surface area contributed by atoms with E-state index in [0.29, 0.717) is 12.2 Å². The zero-order valence-electron chi connectivity index (χ0n) is 16.7. The summed E-state index contributed by atoms with van der Waals surface area (Å²) in [5.74, 6) is -0.291. The van der Waals surface area contributed by atoms with Crippen LogP contribution in [0.2, 0.25) is 0 Å². The number of nitrogens with one attached hydrogen (secondary N) is 1. The van der Waals surface area contributed by atoms with Gasteiger partial charge in [-0.3, -0.25) is 14.0 Å². The number of aryl methyl sites for hydroxylation is 2. The van der Waals surface area contributed by atoms with Crippen molar-refractivity contribution in [3.8, 4) is 0 Å². The van der Waals surface area contributed by atoms with Crippen LogP contribution in [0.3, 0.4) is 0 Å². The number of hydrogen-bond acceptors (Lipinski definition) is 5. The molecule has 8 heteroatoms. The number of sulfonamides is 1. The lowest BCUT2D eigenvalue weighted by Gasteiger charge is -2.29. The van der Waals surface area contributed by atoms with E-state index in [9.17, 15) is 13.2 Å². The molecular weight excluding hydrogens is 366 g/mol. The molecule has 2 rings (SSSR count).